The second kappa shape index (κ2) is 5.14. The van der Waals surface area contributed by atoms with Gasteiger partial charge in [0.05, 0.1) is 5.54 Å². The number of amides is 2. The number of urea groups is 1. The van der Waals surface area contributed by atoms with Crippen LogP contribution in [0.5, 0.6) is 0 Å². The third-order valence-electron chi connectivity index (χ3n) is 4.64. The molecule has 0 aliphatic carbocycles. The minimum atomic E-state index is -0.256. The molecule has 4 heteroatoms. The maximum absolute atomic E-state index is 12.0. The Bertz CT molecular complexity index is 700. The maximum Gasteiger partial charge on any atom is 0.319 e. The molecule has 2 aromatic carbocycles. The van der Waals surface area contributed by atoms with E-state index in [1.165, 1.54) is 11.1 Å². The van der Waals surface area contributed by atoms with Crippen molar-refractivity contribution in [2.45, 2.75) is 18.5 Å². The first-order valence-electron chi connectivity index (χ1n) is 7.70. The lowest BCUT2D eigenvalue weighted by molar-refractivity contribution is 0.229. The van der Waals surface area contributed by atoms with Crippen molar-refractivity contribution in [2.24, 2.45) is 0 Å². The van der Waals surface area contributed by atoms with Crippen LogP contribution >= 0.6 is 0 Å². The van der Waals surface area contributed by atoms with E-state index in [0.717, 1.165) is 31.7 Å². The van der Waals surface area contributed by atoms with Gasteiger partial charge in [-0.15, -0.1) is 0 Å². The predicted octanol–water partition coefficient (Wildman–Crippen LogP) is 2.92. The highest BCUT2D eigenvalue weighted by molar-refractivity contribution is 5.93. The summed E-state index contributed by atoms with van der Waals surface area (Å²) < 4.78 is 0. The van der Waals surface area contributed by atoms with Crippen LogP contribution in [0.1, 0.15) is 17.5 Å². The van der Waals surface area contributed by atoms with Crippen LogP contribution in [-0.4, -0.2) is 24.0 Å². The quantitative estimate of drug-likeness (QED) is 0.894. The number of anilines is 1. The lowest BCUT2D eigenvalue weighted by Gasteiger charge is -2.37. The first-order valence-corrected chi connectivity index (χ1v) is 7.70. The Kier molecular flexibility index (Phi) is 3.12. The number of rotatable bonds is 2. The van der Waals surface area contributed by atoms with Gasteiger partial charge in [0, 0.05) is 30.9 Å². The zero-order valence-corrected chi connectivity index (χ0v) is 12.4. The van der Waals surface area contributed by atoms with Crippen molar-refractivity contribution in [2.75, 3.05) is 18.4 Å². The van der Waals surface area contributed by atoms with Gasteiger partial charge in [-0.1, -0.05) is 48.5 Å². The molecule has 2 aliphatic rings. The standard InChI is InChI=1S/C18H19N3O/c22-17-19-16-9-5-4-8-15(16)18(20-17)10-11-21(13-18)12-14-6-2-1-3-7-14/h1-9H,10-13H2,(H2,19,20,22)/t18-/m0/s1. The fraction of sp³-hybridized carbons (Fsp3) is 0.278. The monoisotopic (exact) mass is 293 g/mol. The third kappa shape index (κ3) is 2.25. The number of hydrogen-bond acceptors (Lipinski definition) is 2. The van der Waals surface area contributed by atoms with Gasteiger partial charge in [-0.3, -0.25) is 4.90 Å². The van der Waals surface area contributed by atoms with Crippen molar-refractivity contribution in [1.29, 1.82) is 0 Å². The Labute approximate surface area is 130 Å². The Hall–Kier alpha value is -2.33. The summed E-state index contributed by atoms with van der Waals surface area (Å²) in [6.45, 7) is 2.77. The van der Waals surface area contributed by atoms with Crippen LogP contribution in [-0.2, 0) is 12.1 Å². The van der Waals surface area contributed by atoms with Crippen molar-refractivity contribution in [3.8, 4) is 0 Å². The molecule has 112 valence electrons. The molecule has 4 nitrogen and oxygen atoms in total. The van der Waals surface area contributed by atoms with Crippen LogP contribution in [0, 0.1) is 0 Å². The van der Waals surface area contributed by atoms with E-state index in [2.05, 4.69) is 45.9 Å². The summed E-state index contributed by atoms with van der Waals surface area (Å²) in [6, 6.07) is 18.5. The Morgan fingerprint density at radius 2 is 1.82 bits per heavy atom. The molecule has 0 aromatic heterocycles. The van der Waals surface area contributed by atoms with Gasteiger partial charge in [-0.2, -0.15) is 0 Å². The molecule has 0 bridgehead atoms. The lowest BCUT2D eigenvalue weighted by Crippen LogP contribution is -2.53. The van der Waals surface area contributed by atoms with Crippen LogP contribution in [0.25, 0.3) is 0 Å². The summed E-state index contributed by atoms with van der Waals surface area (Å²) in [6.07, 6.45) is 0.949. The molecule has 22 heavy (non-hydrogen) atoms. The summed E-state index contributed by atoms with van der Waals surface area (Å²) in [4.78, 5) is 14.4. The molecule has 2 N–H and O–H groups in total. The van der Waals surface area contributed by atoms with Crippen molar-refractivity contribution >= 4 is 11.7 Å². The first kappa shape index (κ1) is 13.3. The molecule has 1 atom stereocenters. The Balaban J connectivity index is 1.60. The molecule has 2 aromatic rings. The van der Waals surface area contributed by atoms with Gasteiger partial charge in [0.25, 0.3) is 0 Å². The summed E-state index contributed by atoms with van der Waals surface area (Å²) in [7, 11) is 0. The molecule has 4 rings (SSSR count). The number of nitrogens with zero attached hydrogens (tertiary/aromatic N) is 1. The highest BCUT2D eigenvalue weighted by Crippen LogP contribution is 2.39. The number of carbonyl (C=O) groups is 1. The van der Waals surface area contributed by atoms with Crippen molar-refractivity contribution < 1.29 is 4.79 Å². The first-order chi connectivity index (χ1) is 10.8. The van der Waals surface area contributed by atoms with E-state index in [-0.39, 0.29) is 11.6 Å². The van der Waals surface area contributed by atoms with E-state index in [1.807, 2.05) is 24.3 Å². The van der Waals surface area contributed by atoms with E-state index < -0.39 is 0 Å². The Morgan fingerprint density at radius 3 is 2.68 bits per heavy atom. The summed E-state index contributed by atoms with van der Waals surface area (Å²) in [5.41, 5.74) is 3.19. The molecule has 2 heterocycles. The van der Waals surface area contributed by atoms with E-state index in [9.17, 15) is 4.79 Å². The number of nitrogens with one attached hydrogen (secondary N) is 2. The number of hydrogen-bond donors (Lipinski definition) is 2. The topological polar surface area (TPSA) is 44.4 Å². The van der Waals surface area contributed by atoms with E-state index >= 15 is 0 Å². The van der Waals surface area contributed by atoms with E-state index in [1.54, 1.807) is 0 Å². The minimum Gasteiger partial charge on any atom is -0.327 e. The molecule has 0 saturated carbocycles. The predicted molar refractivity (Wildman–Crippen MR) is 86.6 cm³/mol. The van der Waals surface area contributed by atoms with Crippen molar-refractivity contribution in [3.05, 3.63) is 65.7 Å². The minimum absolute atomic E-state index is 0.0970. The molecule has 0 unspecified atom stereocenters. The second-order valence-corrected chi connectivity index (χ2v) is 6.15. The summed E-state index contributed by atoms with van der Waals surface area (Å²) in [5.74, 6) is 0. The molecule has 1 fully saturated rings. The molecule has 0 radical (unpaired) electrons. The normalized spacial score (nSPS) is 23.9. The van der Waals surface area contributed by atoms with Crippen molar-refractivity contribution in [1.82, 2.24) is 10.2 Å². The average molecular weight is 293 g/mol. The zero-order valence-electron chi connectivity index (χ0n) is 12.4. The Morgan fingerprint density at radius 1 is 1.05 bits per heavy atom. The number of benzene rings is 2. The van der Waals surface area contributed by atoms with Gasteiger partial charge < -0.3 is 10.6 Å². The fourth-order valence-electron chi connectivity index (χ4n) is 3.63. The van der Waals surface area contributed by atoms with Gasteiger partial charge in [-0.25, -0.2) is 4.79 Å². The van der Waals surface area contributed by atoms with Crippen LogP contribution in [0.2, 0.25) is 0 Å². The SMILES string of the molecule is O=C1Nc2ccccc2[C@@]2(CCN(Cc3ccccc3)C2)N1. The van der Waals surface area contributed by atoms with Gasteiger partial charge in [0.1, 0.15) is 0 Å². The van der Waals surface area contributed by atoms with Gasteiger partial charge in [-0.05, 0) is 18.1 Å². The number of likely N-dealkylation sites (tertiary alicyclic amines) is 1. The van der Waals surface area contributed by atoms with Crippen LogP contribution in [0.3, 0.4) is 0 Å². The molecule has 2 amide bonds. The molecule has 1 saturated heterocycles. The zero-order chi connectivity index (χ0) is 15.0. The van der Waals surface area contributed by atoms with Gasteiger partial charge in [0.2, 0.25) is 0 Å². The molecular formula is C18H19N3O. The number of para-hydroxylation sites is 1. The largest absolute Gasteiger partial charge is 0.327 e. The van der Waals surface area contributed by atoms with Crippen LogP contribution < -0.4 is 10.6 Å². The smallest absolute Gasteiger partial charge is 0.319 e. The highest BCUT2D eigenvalue weighted by Gasteiger charge is 2.44. The average Bonchev–Trinajstić information content (AvgIpc) is 2.91. The van der Waals surface area contributed by atoms with E-state index in [4.69, 9.17) is 0 Å². The summed E-state index contributed by atoms with van der Waals surface area (Å²) in [5, 5.41) is 6.08. The van der Waals surface area contributed by atoms with Gasteiger partial charge in [0.15, 0.2) is 0 Å². The summed E-state index contributed by atoms with van der Waals surface area (Å²) >= 11 is 0. The third-order valence-corrected chi connectivity index (χ3v) is 4.64. The van der Waals surface area contributed by atoms with Crippen LogP contribution in [0.15, 0.2) is 54.6 Å². The van der Waals surface area contributed by atoms with Gasteiger partial charge >= 0.3 is 6.03 Å². The molecule has 2 aliphatic heterocycles. The fourth-order valence-corrected chi connectivity index (χ4v) is 3.63. The van der Waals surface area contributed by atoms with E-state index in [0.29, 0.717) is 0 Å². The lowest BCUT2D eigenvalue weighted by atomic mass is 9.86. The highest BCUT2D eigenvalue weighted by atomic mass is 16.2. The van der Waals surface area contributed by atoms with Crippen LogP contribution in [0.4, 0.5) is 10.5 Å². The second-order valence-electron chi connectivity index (χ2n) is 6.15. The maximum atomic E-state index is 12.0. The number of fused-ring (bicyclic) bond motifs is 2. The molecular weight excluding hydrogens is 274 g/mol. The number of carbonyl (C=O) groups excluding carboxylic acids is 1. The molecule has 1 spiro atoms. The van der Waals surface area contributed by atoms with Crippen molar-refractivity contribution in [3.63, 3.8) is 0 Å².